The van der Waals surface area contributed by atoms with E-state index in [9.17, 15) is 13.6 Å². The number of halogens is 3. The smallest absolute Gasteiger partial charge is 0.266 e. The molecule has 0 aliphatic heterocycles. The van der Waals surface area contributed by atoms with Crippen LogP contribution in [-0.2, 0) is 0 Å². The summed E-state index contributed by atoms with van der Waals surface area (Å²) >= 11 is 4.53. The van der Waals surface area contributed by atoms with E-state index >= 15 is 0 Å². The molecule has 0 saturated heterocycles. The van der Waals surface area contributed by atoms with E-state index in [-0.39, 0.29) is 11.5 Å². The fourth-order valence-electron chi connectivity index (χ4n) is 1.40. The van der Waals surface area contributed by atoms with Crippen LogP contribution in [0.5, 0.6) is 0 Å². The summed E-state index contributed by atoms with van der Waals surface area (Å²) in [4.78, 5) is 12.4. The van der Waals surface area contributed by atoms with Crippen molar-refractivity contribution >= 4 is 38.9 Å². The lowest BCUT2D eigenvalue weighted by molar-refractivity contribution is 0.102. The Morgan fingerprint density at radius 3 is 2.72 bits per heavy atom. The third-order valence-electron chi connectivity index (χ3n) is 2.22. The van der Waals surface area contributed by atoms with Gasteiger partial charge in [-0.1, -0.05) is 12.1 Å². The van der Waals surface area contributed by atoms with Crippen LogP contribution in [0.4, 0.5) is 14.5 Å². The first-order valence-electron chi connectivity index (χ1n) is 5.00. The molecule has 0 spiro atoms. The zero-order valence-corrected chi connectivity index (χ0v) is 11.4. The quantitative estimate of drug-likeness (QED) is 0.867. The summed E-state index contributed by atoms with van der Waals surface area (Å²) < 4.78 is 25.7. The lowest BCUT2D eigenvalue weighted by atomic mass is 10.2. The minimum atomic E-state index is -2.55. The van der Waals surface area contributed by atoms with E-state index < -0.39 is 6.43 Å². The number of nitrogens with one attached hydrogen (secondary N) is 1. The summed E-state index contributed by atoms with van der Waals surface area (Å²) in [6.07, 6.45) is -2.55. The fraction of sp³-hybridized carbons (Fsp3) is 0.0833. The summed E-state index contributed by atoms with van der Waals surface area (Å²) in [6.45, 7) is 0. The monoisotopic (exact) mass is 331 g/mol. The van der Waals surface area contributed by atoms with Crippen LogP contribution in [0.3, 0.4) is 0 Å². The molecule has 1 amide bonds. The van der Waals surface area contributed by atoms with E-state index in [0.29, 0.717) is 15.0 Å². The van der Waals surface area contributed by atoms with Crippen molar-refractivity contribution in [2.24, 2.45) is 0 Å². The predicted molar refractivity (Wildman–Crippen MR) is 71.4 cm³/mol. The van der Waals surface area contributed by atoms with E-state index in [0.717, 1.165) is 0 Å². The number of amides is 1. The zero-order valence-electron chi connectivity index (χ0n) is 8.99. The zero-order chi connectivity index (χ0) is 13.1. The highest BCUT2D eigenvalue weighted by Crippen LogP contribution is 2.25. The molecule has 2 aromatic rings. The maximum absolute atomic E-state index is 12.5. The molecular weight excluding hydrogens is 324 g/mol. The highest BCUT2D eigenvalue weighted by molar-refractivity contribution is 9.10. The minimum absolute atomic E-state index is 0.113. The van der Waals surface area contributed by atoms with Crippen LogP contribution >= 0.6 is 27.3 Å². The molecule has 94 valence electrons. The molecule has 1 N–H and O–H groups in total. The van der Waals surface area contributed by atoms with Crippen molar-refractivity contribution in [3.05, 3.63) is 50.6 Å². The molecule has 0 atom stereocenters. The molecule has 0 saturated carbocycles. The van der Waals surface area contributed by atoms with Gasteiger partial charge in [-0.15, -0.1) is 11.3 Å². The molecule has 1 heterocycles. The summed E-state index contributed by atoms with van der Waals surface area (Å²) in [5.74, 6) is -0.316. The first kappa shape index (κ1) is 13.2. The first-order chi connectivity index (χ1) is 8.58. The molecule has 2 rings (SSSR count). The molecule has 18 heavy (non-hydrogen) atoms. The second kappa shape index (κ2) is 5.58. The molecule has 0 bridgehead atoms. The van der Waals surface area contributed by atoms with Gasteiger partial charge in [-0.2, -0.15) is 0 Å². The van der Waals surface area contributed by atoms with E-state index in [1.54, 1.807) is 17.5 Å². The normalized spacial score (nSPS) is 10.7. The van der Waals surface area contributed by atoms with E-state index in [4.69, 9.17) is 0 Å². The van der Waals surface area contributed by atoms with Crippen LogP contribution in [0.15, 0.2) is 40.2 Å². The van der Waals surface area contributed by atoms with Gasteiger partial charge in [0.25, 0.3) is 12.3 Å². The Hall–Kier alpha value is -1.27. The van der Waals surface area contributed by atoms with Gasteiger partial charge in [0.1, 0.15) is 4.88 Å². The van der Waals surface area contributed by atoms with Gasteiger partial charge >= 0.3 is 0 Å². The Labute approximate surface area is 115 Å². The van der Waals surface area contributed by atoms with Crippen molar-refractivity contribution in [3.63, 3.8) is 0 Å². The van der Waals surface area contributed by atoms with E-state index in [2.05, 4.69) is 21.2 Å². The highest BCUT2D eigenvalue weighted by atomic mass is 79.9. The second-order valence-electron chi connectivity index (χ2n) is 3.48. The summed E-state index contributed by atoms with van der Waals surface area (Å²) in [6, 6.07) is 7.41. The maximum Gasteiger partial charge on any atom is 0.266 e. The van der Waals surface area contributed by atoms with Crippen molar-refractivity contribution < 1.29 is 13.6 Å². The molecular formula is C12H8BrF2NOS. The maximum atomic E-state index is 12.5. The fourth-order valence-corrected chi connectivity index (χ4v) is 2.84. The summed E-state index contributed by atoms with van der Waals surface area (Å²) in [5, 5.41) is 4.36. The van der Waals surface area contributed by atoms with Crippen LogP contribution in [-0.4, -0.2) is 5.91 Å². The Morgan fingerprint density at radius 2 is 2.11 bits per heavy atom. The molecule has 2 nitrogen and oxygen atoms in total. The number of alkyl halides is 2. The van der Waals surface area contributed by atoms with Crippen molar-refractivity contribution in [2.45, 2.75) is 6.43 Å². The highest BCUT2D eigenvalue weighted by Gasteiger charge is 2.13. The molecule has 6 heteroatoms. The van der Waals surface area contributed by atoms with Gasteiger partial charge in [-0.25, -0.2) is 8.78 Å². The summed E-state index contributed by atoms with van der Waals surface area (Å²) in [5.41, 5.74) is 0.246. The van der Waals surface area contributed by atoms with Gasteiger partial charge in [0.2, 0.25) is 0 Å². The SMILES string of the molecule is O=C(Nc1cccc(C(F)F)c1)c1sccc1Br. The number of carbonyl (C=O) groups excluding carboxylic acids is 1. The molecule has 1 aromatic carbocycles. The average Bonchev–Trinajstić information content (AvgIpc) is 2.76. The van der Waals surface area contributed by atoms with Gasteiger partial charge in [-0.3, -0.25) is 4.79 Å². The predicted octanol–water partition coefficient (Wildman–Crippen LogP) is 4.70. The minimum Gasteiger partial charge on any atom is -0.321 e. The number of anilines is 1. The lowest BCUT2D eigenvalue weighted by Crippen LogP contribution is -2.10. The molecule has 0 fully saturated rings. The van der Waals surface area contributed by atoms with Gasteiger partial charge in [0, 0.05) is 15.7 Å². The topological polar surface area (TPSA) is 29.1 Å². The largest absolute Gasteiger partial charge is 0.321 e. The van der Waals surface area contributed by atoms with E-state index in [1.165, 1.54) is 29.5 Å². The third-order valence-corrected chi connectivity index (χ3v) is 4.06. The summed E-state index contributed by atoms with van der Waals surface area (Å²) in [7, 11) is 0. The second-order valence-corrected chi connectivity index (χ2v) is 5.25. The van der Waals surface area contributed by atoms with Crippen LogP contribution in [0.25, 0.3) is 0 Å². The van der Waals surface area contributed by atoms with Gasteiger partial charge in [-0.05, 0) is 39.5 Å². The number of carbonyl (C=O) groups is 1. The van der Waals surface area contributed by atoms with Crippen LogP contribution in [0.1, 0.15) is 21.7 Å². The van der Waals surface area contributed by atoms with E-state index in [1.807, 2.05) is 0 Å². The number of thiophene rings is 1. The lowest BCUT2D eigenvalue weighted by Gasteiger charge is -2.06. The molecule has 0 aliphatic rings. The standard InChI is InChI=1S/C12H8BrF2NOS/c13-9-4-5-18-10(9)12(17)16-8-3-1-2-7(6-8)11(14)15/h1-6,11H,(H,16,17). The Bertz CT molecular complexity index is 571. The van der Waals surface area contributed by atoms with Gasteiger partial charge in [0.05, 0.1) is 0 Å². The van der Waals surface area contributed by atoms with Crippen LogP contribution in [0.2, 0.25) is 0 Å². The van der Waals surface area contributed by atoms with Crippen molar-refractivity contribution in [1.82, 2.24) is 0 Å². The van der Waals surface area contributed by atoms with Crippen molar-refractivity contribution in [1.29, 1.82) is 0 Å². The number of benzene rings is 1. The Balaban J connectivity index is 2.17. The molecule has 0 radical (unpaired) electrons. The number of rotatable bonds is 3. The Morgan fingerprint density at radius 1 is 1.33 bits per heavy atom. The number of hydrogen-bond acceptors (Lipinski definition) is 2. The van der Waals surface area contributed by atoms with Gasteiger partial charge in [0.15, 0.2) is 0 Å². The molecule has 0 unspecified atom stereocenters. The molecule has 1 aromatic heterocycles. The number of hydrogen-bond donors (Lipinski definition) is 1. The van der Waals surface area contributed by atoms with Crippen LogP contribution < -0.4 is 5.32 Å². The Kier molecular flexibility index (Phi) is 4.08. The average molecular weight is 332 g/mol. The first-order valence-corrected chi connectivity index (χ1v) is 6.67. The van der Waals surface area contributed by atoms with Gasteiger partial charge < -0.3 is 5.32 Å². The third kappa shape index (κ3) is 2.94. The molecule has 0 aliphatic carbocycles. The van der Waals surface area contributed by atoms with Crippen molar-refractivity contribution in [2.75, 3.05) is 5.32 Å². The van der Waals surface area contributed by atoms with Crippen molar-refractivity contribution in [3.8, 4) is 0 Å². The van der Waals surface area contributed by atoms with Crippen LogP contribution in [0, 0.1) is 0 Å².